The molecular formula is C16H22FN5O2. The maximum absolute atomic E-state index is 13.9. The quantitative estimate of drug-likeness (QED) is 0.864. The Bertz CT molecular complexity index is 744. The summed E-state index contributed by atoms with van der Waals surface area (Å²) >= 11 is 0. The van der Waals surface area contributed by atoms with Gasteiger partial charge in [-0.25, -0.2) is 9.37 Å². The van der Waals surface area contributed by atoms with Crippen LogP contribution in [0.1, 0.15) is 24.7 Å². The van der Waals surface area contributed by atoms with Crippen LogP contribution in [0.2, 0.25) is 0 Å². The van der Waals surface area contributed by atoms with E-state index in [2.05, 4.69) is 20.4 Å². The van der Waals surface area contributed by atoms with E-state index >= 15 is 0 Å². The zero-order chi connectivity index (χ0) is 17.1. The Hall–Kier alpha value is -2.22. The van der Waals surface area contributed by atoms with Gasteiger partial charge in [-0.2, -0.15) is 0 Å². The number of hydrogen-bond acceptors (Lipinski definition) is 6. The largest absolute Gasteiger partial charge is 0.364 e. The van der Waals surface area contributed by atoms with Crippen molar-refractivity contribution in [2.24, 2.45) is 0 Å². The van der Waals surface area contributed by atoms with E-state index in [0.717, 1.165) is 11.3 Å². The van der Waals surface area contributed by atoms with Crippen molar-refractivity contribution in [1.82, 2.24) is 19.6 Å². The van der Waals surface area contributed by atoms with Gasteiger partial charge in [0.15, 0.2) is 5.82 Å². The van der Waals surface area contributed by atoms with Crippen molar-refractivity contribution < 1.29 is 8.91 Å². The molecule has 2 aromatic rings. The second-order valence-corrected chi connectivity index (χ2v) is 6.07. The first-order chi connectivity index (χ1) is 11.6. The molecule has 0 unspecified atom stereocenters. The molecule has 0 amide bonds. The molecule has 24 heavy (non-hydrogen) atoms. The lowest BCUT2D eigenvalue weighted by Crippen LogP contribution is -2.36. The minimum atomic E-state index is -0.868. The van der Waals surface area contributed by atoms with Gasteiger partial charge in [0.05, 0.1) is 6.20 Å². The Kier molecular flexibility index (Phi) is 4.94. The molecule has 1 aliphatic rings. The predicted molar refractivity (Wildman–Crippen MR) is 87.6 cm³/mol. The minimum absolute atomic E-state index is 0.00853. The van der Waals surface area contributed by atoms with Crippen molar-refractivity contribution in [3.05, 3.63) is 40.3 Å². The van der Waals surface area contributed by atoms with Gasteiger partial charge in [-0.05, 0) is 20.3 Å². The molecule has 0 radical (unpaired) electrons. The van der Waals surface area contributed by atoms with Crippen molar-refractivity contribution >= 4 is 5.82 Å². The van der Waals surface area contributed by atoms with Crippen molar-refractivity contribution in [2.45, 2.75) is 45.6 Å². The zero-order valence-electron chi connectivity index (χ0n) is 13.9. The highest BCUT2D eigenvalue weighted by molar-refractivity contribution is 5.31. The summed E-state index contributed by atoms with van der Waals surface area (Å²) in [6.07, 6.45) is 4.49. The van der Waals surface area contributed by atoms with Crippen LogP contribution in [0.5, 0.6) is 0 Å². The molecular weight excluding hydrogens is 313 g/mol. The minimum Gasteiger partial charge on any atom is -0.364 e. The van der Waals surface area contributed by atoms with Gasteiger partial charge < -0.3 is 14.4 Å². The van der Waals surface area contributed by atoms with Gasteiger partial charge in [0, 0.05) is 50.2 Å². The van der Waals surface area contributed by atoms with Gasteiger partial charge in [0.25, 0.3) is 5.56 Å². The molecule has 1 saturated heterocycles. The first kappa shape index (κ1) is 16.6. The summed E-state index contributed by atoms with van der Waals surface area (Å²) in [5, 5.41) is 6.85. The average Bonchev–Trinajstić information content (AvgIpc) is 3.12. The predicted octanol–water partition coefficient (Wildman–Crippen LogP) is 1.58. The van der Waals surface area contributed by atoms with Crippen LogP contribution in [0.4, 0.5) is 10.2 Å². The Labute approximate surface area is 139 Å². The molecule has 8 heteroatoms. The number of aromatic nitrogens is 3. The third-order valence-electron chi connectivity index (χ3n) is 4.46. The molecule has 0 bridgehead atoms. The fraction of sp³-hybridized carbons (Fsp3) is 0.562. The van der Waals surface area contributed by atoms with Gasteiger partial charge in [-0.3, -0.25) is 9.69 Å². The van der Waals surface area contributed by atoms with E-state index in [-0.39, 0.29) is 11.6 Å². The third kappa shape index (κ3) is 3.48. The molecule has 0 aromatic carbocycles. The number of hydrogen-bond donors (Lipinski definition) is 1. The summed E-state index contributed by atoms with van der Waals surface area (Å²) < 4.78 is 20.5. The number of rotatable bonds is 6. The van der Waals surface area contributed by atoms with Gasteiger partial charge in [0.2, 0.25) is 0 Å². The smallest absolute Gasteiger partial charge is 0.293 e. The molecule has 0 spiro atoms. The molecule has 0 saturated carbocycles. The van der Waals surface area contributed by atoms with Gasteiger partial charge in [-0.1, -0.05) is 5.16 Å². The van der Waals surface area contributed by atoms with Gasteiger partial charge >= 0.3 is 0 Å². The SMILES string of the molecule is CCn1ccnc(NC[C@@H]2C[C@H](F)CN2Cc2cnoc2C)c1=O. The molecule has 130 valence electrons. The van der Waals surface area contributed by atoms with Crippen LogP contribution < -0.4 is 10.9 Å². The Morgan fingerprint density at radius 3 is 3.04 bits per heavy atom. The molecule has 3 heterocycles. The highest BCUT2D eigenvalue weighted by Gasteiger charge is 2.32. The molecule has 1 N–H and O–H groups in total. The van der Waals surface area contributed by atoms with E-state index in [4.69, 9.17) is 4.52 Å². The van der Waals surface area contributed by atoms with Crippen LogP contribution in [-0.4, -0.2) is 44.9 Å². The van der Waals surface area contributed by atoms with Crippen LogP contribution >= 0.6 is 0 Å². The first-order valence-corrected chi connectivity index (χ1v) is 8.16. The normalized spacial score (nSPS) is 21.3. The second-order valence-electron chi connectivity index (χ2n) is 6.07. The molecule has 2 aromatic heterocycles. The number of nitrogens with zero attached hydrogens (tertiary/aromatic N) is 4. The Balaban J connectivity index is 1.67. The van der Waals surface area contributed by atoms with Crippen molar-refractivity contribution in [2.75, 3.05) is 18.4 Å². The fourth-order valence-corrected chi connectivity index (χ4v) is 3.05. The van der Waals surface area contributed by atoms with E-state index < -0.39 is 6.17 Å². The van der Waals surface area contributed by atoms with Crippen LogP contribution in [0.3, 0.4) is 0 Å². The van der Waals surface area contributed by atoms with Crippen LogP contribution in [0, 0.1) is 6.92 Å². The van der Waals surface area contributed by atoms with Crippen molar-refractivity contribution in [3.63, 3.8) is 0 Å². The van der Waals surface area contributed by atoms with E-state index in [1.165, 1.54) is 0 Å². The number of aryl methyl sites for hydroxylation is 2. The number of likely N-dealkylation sites (tertiary alicyclic amines) is 1. The van der Waals surface area contributed by atoms with Crippen LogP contribution in [0.15, 0.2) is 27.9 Å². The van der Waals surface area contributed by atoms with Gasteiger partial charge in [-0.15, -0.1) is 0 Å². The summed E-state index contributed by atoms with van der Waals surface area (Å²) in [6.45, 7) is 5.77. The fourth-order valence-electron chi connectivity index (χ4n) is 3.05. The van der Waals surface area contributed by atoms with Crippen molar-refractivity contribution in [3.8, 4) is 0 Å². The standard InChI is InChI=1S/C16H22FN5O2/c1-3-21-5-4-18-15(16(21)23)19-8-14-6-13(17)10-22(14)9-12-7-20-24-11(12)2/h4-5,7,13-14H,3,6,8-10H2,1-2H3,(H,18,19)/t13-,14-/m0/s1. The molecule has 2 atom stereocenters. The average molecular weight is 335 g/mol. The highest BCUT2D eigenvalue weighted by Crippen LogP contribution is 2.23. The summed E-state index contributed by atoms with van der Waals surface area (Å²) in [5.41, 5.74) is 0.802. The number of anilines is 1. The molecule has 0 aliphatic carbocycles. The lowest BCUT2D eigenvalue weighted by atomic mass is 10.2. The van der Waals surface area contributed by atoms with Crippen LogP contribution in [0.25, 0.3) is 0 Å². The topological polar surface area (TPSA) is 76.2 Å². The summed E-state index contributed by atoms with van der Waals surface area (Å²) in [7, 11) is 0. The van der Waals surface area contributed by atoms with Crippen LogP contribution in [-0.2, 0) is 13.1 Å². The van der Waals surface area contributed by atoms with E-state index in [1.54, 1.807) is 23.2 Å². The van der Waals surface area contributed by atoms with E-state index in [1.807, 2.05) is 13.8 Å². The highest BCUT2D eigenvalue weighted by atomic mass is 19.1. The Morgan fingerprint density at radius 2 is 2.33 bits per heavy atom. The lowest BCUT2D eigenvalue weighted by Gasteiger charge is -2.24. The Morgan fingerprint density at radius 1 is 1.50 bits per heavy atom. The van der Waals surface area contributed by atoms with Gasteiger partial charge in [0.1, 0.15) is 11.9 Å². The maximum atomic E-state index is 13.9. The number of halogens is 1. The molecule has 1 aliphatic heterocycles. The molecule has 7 nitrogen and oxygen atoms in total. The molecule has 3 rings (SSSR count). The lowest BCUT2D eigenvalue weighted by molar-refractivity contribution is 0.240. The second kappa shape index (κ2) is 7.12. The van der Waals surface area contributed by atoms with E-state index in [0.29, 0.717) is 38.4 Å². The molecule has 1 fully saturated rings. The monoisotopic (exact) mass is 335 g/mol. The summed E-state index contributed by atoms with van der Waals surface area (Å²) in [6, 6.07) is -0.00853. The third-order valence-corrected chi connectivity index (χ3v) is 4.46. The maximum Gasteiger partial charge on any atom is 0.293 e. The number of alkyl halides is 1. The number of nitrogens with one attached hydrogen (secondary N) is 1. The zero-order valence-corrected chi connectivity index (χ0v) is 13.9. The van der Waals surface area contributed by atoms with E-state index in [9.17, 15) is 9.18 Å². The van der Waals surface area contributed by atoms with Crippen molar-refractivity contribution in [1.29, 1.82) is 0 Å². The summed E-state index contributed by atoms with van der Waals surface area (Å²) in [5.74, 6) is 1.06. The summed E-state index contributed by atoms with van der Waals surface area (Å²) in [4.78, 5) is 18.3. The first-order valence-electron chi connectivity index (χ1n) is 8.16.